The highest BCUT2D eigenvalue weighted by Crippen LogP contribution is 2.41. The molecule has 0 spiro atoms. The molecule has 4 heterocycles. The van der Waals surface area contributed by atoms with Crippen LogP contribution in [-0.4, -0.2) is 63.7 Å². The van der Waals surface area contributed by atoms with Gasteiger partial charge in [0.05, 0.1) is 0 Å². The molecule has 2 aromatic heterocycles. The lowest BCUT2D eigenvalue weighted by Crippen LogP contribution is -2.34. The summed E-state index contributed by atoms with van der Waals surface area (Å²) in [6.07, 6.45) is 5.21. The average molecular weight is 311 g/mol. The number of nitrogens with zero attached hydrogens (tertiary/aromatic N) is 5. The van der Waals surface area contributed by atoms with E-state index in [0.29, 0.717) is 17.3 Å². The Morgan fingerprint density at radius 2 is 2.17 bits per heavy atom. The van der Waals surface area contributed by atoms with Crippen molar-refractivity contribution in [1.82, 2.24) is 24.6 Å². The third kappa shape index (κ3) is 2.43. The molecule has 6 nitrogen and oxygen atoms in total. The summed E-state index contributed by atoms with van der Waals surface area (Å²) in [7, 11) is 2.16. The molecule has 0 saturated carbocycles. The first-order valence-corrected chi connectivity index (χ1v) is 7.99. The number of carbonyl (C=O) groups excluding carboxylic acids is 1. The smallest absolute Gasteiger partial charge is 0.254 e. The van der Waals surface area contributed by atoms with Crippen molar-refractivity contribution in [2.75, 3.05) is 33.2 Å². The molecule has 0 bridgehead atoms. The van der Waals surface area contributed by atoms with Gasteiger partial charge in [0.15, 0.2) is 5.82 Å². The van der Waals surface area contributed by atoms with Gasteiger partial charge in [0.1, 0.15) is 0 Å². The predicted octanol–water partition coefficient (Wildman–Crippen LogP) is 1.29. The summed E-state index contributed by atoms with van der Waals surface area (Å²) >= 11 is 0. The first kappa shape index (κ1) is 14.4. The number of likely N-dealkylation sites (tertiary alicyclic amines) is 2. The van der Waals surface area contributed by atoms with Crippen LogP contribution in [0.2, 0.25) is 0 Å². The van der Waals surface area contributed by atoms with Crippen molar-refractivity contribution in [3.05, 3.63) is 42.4 Å². The van der Waals surface area contributed by atoms with Crippen LogP contribution in [0.15, 0.2) is 36.8 Å². The van der Waals surface area contributed by atoms with E-state index in [1.54, 1.807) is 23.1 Å². The fourth-order valence-electron chi connectivity index (χ4n) is 4.05. The number of fused-ring (bicyclic) bond motifs is 1. The first-order chi connectivity index (χ1) is 11.0. The van der Waals surface area contributed by atoms with Crippen LogP contribution in [0.5, 0.6) is 0 Å². The van der Waals surface area contributed by atoms with Crippen molar-refractivity contribution in [3.63, 3.8) is 0 Å². The van der Waals surface area contributed by atoms with Gasteiger partial charge in [0.2, 0.25) is 0 Å². The van der Waals surface area contributed by atoms with E-state index in [-0.39, 0.29) is 11.3 Å². The summed E-state index contributed by atoms with van der Waals surface area (Å²) in [5.41, 5.74) is 0.907. The summed E-state index contributed by atoms with van der Waals surface area (Å²) in [5.74, 6) is 1.34. The van der Waals surface area contributed by atoms with Gasteiger partial charge in [-0.3, -0.25) is 4.79 Å². The Morgan fingerprint density at radius 1 is 1.30 bits per heavy atom. The Balaban J connectivity index is 1.56. The van der Waals surface area contributed by atoms with Crippen molar-refractivity contribution in [1.29, 1.82) is 0 Å². The number of amides is 1. The molecule has 2 saturated heterocycles. The Bertz CT molecular complexity index is 728. The average Bonchev–Trinajstić information content (AvgIpc) is 3.20. The fourth-order valence-corrected chi connectivity index (χ4v) is 4.05. The van der Waals surface area contributed by atoms with Gasteiger partial charge < -0.3 is 9.80 Å². The van der Waals surface area contributed by atoms with Crippen LogP contribution in [0.3, 0.4) is 0 Å². The van der Waals surface area contributed by atoms with Crippen LogP contribution in [0, 0.1) is 11.3 Å². The Hall–Kier alpha value is -2.21. The molecule has 0 N–H and O–H groups in total. The van der Waals surface area contributed by atoms with E-state index in [1.165, 1.54) is 0 Å². The van der Waals surface area contributed by atoms with Gasteiger partial charge in [-0.25, -0.2) is 9.67 Å². The number of rotatable bonds is 2. The SMILES string of the molecule is CN1C[C@@H]2CN(C(=O)c3ccnc(-n4cccn4)c3)C[C@]2(C)C1. The van der Waals surface area contributed by atoms with Crippen LogP contribution in [0.1, 0.15) is 17.3 Å². The zero-order valence-electron chi connectivity index (χ0n) is 13.5. The summed E-state index contributed by atoms with van der Waals surface area (Å²) in [5, 5.41) is 4.17. The molecule has 2 aromatic rings. The third-order valence-corrected chi connectivity index (χ3v) is 5.16. The number of aromatic nitrogens is 3. The second-order valence-electron chi connectivity index (χ2n) is 7.09. The molecule has 2 fully saturated rings. The highest BCUT2D eigenvalue weighted by molar-refractivity contribution is 5.94. The standard InChI is InChI=1S/C17H21N5O/c1-17-11-20(2)9-14(17)10-21(12-17)16(23)13-4-6-18-15(8-13)22-7-3-5-19-22/h3-8,14H,9-12H2,1-2H3/t14-,17+/m1/s1. The molecule has 2 atom stereocenters. The van der Waals surface area contributed by atoms with E-state index in [9.17, 15) is 4.79 Å². The predicted molar refractivity (Wildman–Crippen MR) is 86.4 cm³/mol. The van der Waals surface area contributed by atoms with Gasteiger partial charge >= 0.3 is 0 Å². The lowest BCUT2D eigenvalue weighted by Gasteiger charge is -2.24. The maximum absolute atomic E-state index is 12.9. The van der Waals surface area contributed by atoms with Crippen LogP contribution in [-0.2, 0) is 0 Å². The highest BCUT2D eigenvalue weighted by Gasteiger charge is 2.49. The summed E-state index contributed by atoms with van der Waals surface area (Å²) < 4.78 is 1.67. The summed E-state index contributed by atoms with van der Waals surface area (Å²) in [6.45, 7) is 6.13. The largest absolute Gasteiger partial charge is 0.338 e. The van der Waals surface area contributed by atoms with Crippen molar-refractivity contribution < 1.29 is 4.79 Å². The van der Waals surface area contributed by atoms with Crippen molar-refractivity contribution in [2.45, 2.75) is 6.92 Å². The zero-order chi connectivity index (χ0) is 16.0. The Kier molecular flexibility index (Phi) is 3.23. The van der Waals surface area contributed by atoms with Gasteiger partial charge in [0.25, 0.3) is 5.91 Å². The molecule has 0 unspecified atom stereocenters. The van der Waals surface area contributed by atoms with Gasteiger partial charge in [-0.2, -0.15) is 5.10 Å². The normalized spacial score (nSPS) is 27.4. The summed E-state index contributed by atoms with van der Waals surface area (Å²) in [6, 6.07) is 5.45. The molecule has 120 valence electrons. The number of carbonyl (C=O) groups is 1. The van der Waals surface area contributed by atoms with Crippen molar-refractivity contribution in [3.8, 4) is 5.82 Å². The molecule has 23 heavy (non-hydrogen) atoms. The lowest BCUT2D eigenvalue weighted by molar-refractivity contribution is 0.0765. The molecule has 6 heteroatoms. The van der Waals surface area contributed by atoms with Crippen LogP contribution in [0.25, 0.3) is 5.82 Å². The molecule has 4 rings (SSSR count). The second kappa shape index (κ2) is 5.16. The quantitative estimate of drug-likeness (QED) is 0.839. The van der Waals surface area contributed by atoms with Crippen molar-refractivity contribution >= 4 is 5.91 Å². The third-order valence-electron chi connectivity index (χ3n) is 5.16. The second-order valence-corrected chi connectivity index (χ2v) is 7.09. The van der Waals surface area contributed by atoms with Crippen LogP contribution >= 0.6 is 0 Å². The molecule has 0 aliphatic carbocycles. The first-order valence-electron chi connectivity index (χ1n) is 7.99. The molecule has 2 aliphatic heterocycles. The molecular weight excluding hydrogens is 290 g/mol. The molecule has 0 radical (unpaired) electrons. The lowest BCUT2D eigenvalue weighted by atomic mass is 9.83. The van der Waals surface area contributed by atoms with E-state index in [0.717, 1.165) is 26.2 Å². The molecule has 1 amide bonds. The van der Waals surface area contributed by atoms with E-state index in [1.807, 2.05) is 23.2 Å². The fraction of sp³-hybridized carbons (Fsp3) is 0.471. The van der Waals surface area contributed by atoms with Crippen molar-refractivity contribution in [2.24, 2.45) is 11.3 Å². The topological polar surface area (TPSA) is 54.3 Å². The maximum atomic E-state index is 12.9. The monoisotopic (exact) mass is 311 g/mol. The van der Waals surface area contributed by atoms with Crippen LogP contribution in [0.4, 0.5) is 0 Å². The Morgan fingerprint density at radius 3 is 2.91 bits per heavy atom. The minimum atomic E-state index is 0.0964. The van der Waals surface area contributed by atoms with Gasteiger partial charge in [0, 0.05) is 55.7 Å². The van der Waals surface area contributed by atoms with Crippen LogP contribution < -0.4 is 0 Å². The van der Waals surface area contributed by atoms with E-state index in [2.05, 4.69) is 29.0 Å². The van der Waals surface area contributed by atoms with Gasteiger partial charge in [-0.15, -0.1) is 0 Å². The van der Waals surface area contributed by atoms with Gasteiger partial charge in [-0.05, 0) is 31.2 Å². The Labute approximate surface area is 135 Å². The minimum absolute atomic E-state index is 0.0964. The number of hydrogen-bond donors (Lipinski definition) is 0. The zero-order valence-corrected chi connectivity index (χ0v) is 13.5. The molecular formula is C17H21N5O. The van der Waals surface area contributed by atoms with Gasteiger partial charge in [-0.1, -0.05) is 6.92 Å². The summed E-state index contributed by atoms with van der Waals surface area (Å²) in [4.78, 5) is 21.5. The maximum Gasteiger partial charge on any atom is 0.254 e. The molecule has 0 aromatic carbocycles. The molecule has 2 aliphatic rings. The van der Waals surface area contributed by atoms with E-state index < -0.39 is 0 Å². The highest BCUT2D eigenvalue weighted by atomic mass is 16.2. The van der Waals surface area contributed by atoms with E-state index in [4.69, 9.17) is 0 Å². The minimum Gasteiger partial charge on any atom is -0.338 e. The number of hydrogen-bond acceptors (Lipinski definition) is 4. The number of pyridine rings is 1. The van der Waals surface area contributed by atoms with E-state index >= 15 is 0 Å².